The molecule has 162 valence electrons. The fourth-order valence-electron chi connectivity index (χ4n) is 4.01. The summed E-state index contributed by atoms with van der Waals surface area (Å²) in [6.45, 7) is 3.58. The minimum Gasteiger partial charge on any atom is -0.369 e. The molecule has 0 aliphatic carbocycles. The van der Waals surface area contributed by atoms with Gasteiger partial charge in [0.05, 0.1) is 5.39 Å². The molecule has 4 aromatic rings. The third kappa shape index (κ3) is 4.27. The zero-order chi connectivity index (χ0) is 21.8. The number of amides is 1. The van der Waals surface area contributed by atoms with Crippen molar-refractivity contribution in [2.45, 2.75) is 6.42 Å². The Kier molecular flexibility index (Phi) is 5.93. The van der Waals surface area contributed by atoms with Gasteiger partial charge in [0.25, 0.3) is 0 Å². The van der Waals surface area contributed by atoms with Gasteiger partial charge >= 0.3 is 0 Å². The number of rotatable bonds is 6. The molecule has 0 bridgehead atoms. The zero-order valence-electron chi connectivity index (χ0n) is 17.6. The van der Waals surface area contributed by atoms with E-state index in [9.17, 15) is 4.79 Å². The van der Waals surface area contributed by atoms with Gasteiger partial charge in [0, 0.05) is 56.3 Å². The number of carbonyl (C=O) groups excluding carboxylic acids is 1. The number of carbonyl (C=O) groups is 1. The molecule has 3 aromatic heterocycles. The normalized spacial score (nSPS) is 14.0. The van der Waals surface area contributed by atoms with E-state index in [1.54, 1.807) is 23.9 Å². The van der Waals surface area contributed by atoms with E-state index in [1.807, 2.05) is 41.3 Å². The van der Waals surface area contributed by atoms with Crippen molar-refractivity contribution in [1.29, 1.82) is 0 Å². The van der Waals surface area contributed by atoms with Gasteiger partial charge in [-0.3, -0.25) is 4.79 Å². The Morgan fingerprint density at radius 1 is 0.969 bits per heavy atom. The standard InChI is InChI=1S/C24H24N6OS/c31-21(30-14-12-29(13-15-30)20-8-4-5-10-25-20)9-11-26-23-22-19(18-6-2-1-3-7-18)16-32-24(22)28-17-27-23/h1-8,10,16-17H,9,11-15H2,(H,26,27,28). The summed E-state index contributed by atoms with van der Waals surface area (Å²) in [5.74, 6) is 1.92. The minimum atomic E-state index is 0.164. The Labute approximate surface area is 190 Å². The number of pyridine rings is 1. The zero-order valence-corrected chi connectivity index (χ0v) is 18.5. The van der Waals surface area contributed by atoms with Crippen LogP contribution in [0.3, 0.4) is 0 Å². The quantitative estimate of drug-likeness (QED) is 0.486. The van der Waals surface area contributed by atoms with Crippen LogP contribution in [0.5, 0.6) is 0 Å². The van der Waals surface area contributed by atoms with Gasteiger partial charge in [-0.25, -0.2) is 15.0 Å². The smallest absolute Gasteiger partial charge is 0.224 e. The first-order valence-corrected chi connectivity index (χ1v) is 11.6. The molecular weight excluding hydrogens is 420 g/mol. The predicted molar refractivity (Wildman–Crippen MR) is 129 cm³/mol. The fraction of sp³-hybridized carbons (Fsp3) is 0.250. The van der Waals surface area contributed by atoms with Crippen LogP contribution in [-0.4, -0.2) is 58.5 Å². The molecule has 4 heterocycles. The second kappa shape index (κ2) is 9.32. The van der Waals surface area contributed by atoms with Crippen LogP contribution in [0.1, 0.15) is 6.42 Å². The third-order valence-electron chi connectivity index (χ3n) is 5.69. The van der Waals surface area contributed by atoms with Crippen LogP contribution < -0.4 is 10.2 Å². The number of nitrogens with zero attached hydrogens (tertiary/aromatic N) is 5. The van der Waals surface area contributed by atoms with Crippen LogP contribution in [0.15, 0.2) is 66.4 Å². The molecular formula is C24H24N6OS. The summed E-state index contributed by atoms with van der Waals surface area (Å²) < 4.78 is 0. The molecule has 1 amide bonds. The number of aromatic nitrogens is 3. The largest absolute Gasteiger partial charge is 0.369 e. The van der Waals surface area contributed by atoms with Gasteiger partial charge in [0.1, 0.15) is 22.8 Å². The molecule has 1 fully saturated rings. The maximum Gasteiger partial charge on any atom is 0.224 e. The Balaban J connectivity index is 1.20. The number of anilines is 2. The summed E-state index contributed by atoms with van der Waals surface area (Å²) in [6.07, 6.45) is 3.81. The van der Waals surface area contributed by atoms with E-state index in [-0.39, 0.29) is 5.91 Å². The van der Waals surface area contributed by atoms with Gasteiger partial charge in [-0.15, -0.1) is 11.3 Å². The number of piperazine rings is 1. The lowest BCUT2D eigenvalue weighted by atomic mass is 10.1. The predicted octanol–water partition coefficient (Wildman–Crippen LogP) is 3.90. The summed E-state index contributed by atoms with van der Waals surface area (Å²) in [5, 5.41) is 6.51. The minimum absolute atomic E-state index is 0.164. The van der Waals surface area contributed by atoms with E-state index in [2.05, 4.69) is 42.7 Å². The van der Waals surface area contributed by atoms with Crippen molar-refractivity contribution in [1.82, 2.24) is 19.9 Å². The van der Waals surface area contributed by atoms with Crippen molar-refractivity contribution >= 4 is 39.1 Å². The van der Waals surface area contributed by atoms with Crippen molar-refractivity contribution in [3.05, 3.63) is 66.4 Å². The Bertz CT molecular complexity index is 1190. The molecule has 0 radical (unpaired) electrons. The average molecular weight is 445 g/mol. The number of fused-ring (bicyclic) bond motifs is 1. The molecule has 5 rings (SSSR count). The summed E-state index contributed by atoms with van der Waals surface area (Å²) in [4.78, 5) is 31.2. The lowest BCUT2D eigenvalue weighted by Gasteiger charge is -2.35. The van der Waals surface area contributed by atoms with Crippen molar-refractivity contribution in [3.63, 3.8) is 0 Å². The fourth-order valence-corrected chi connectivity index (χ4v) is 4.93. The maximum atomic E-state index is 12.8. The van der Waals surface area contributed by atoms with Crippen LogP contribution in [0.25, 0.3) is 21.3 Å². The molecule has 1 N–H and O–H groups in total. The molecule has 1 aliphatic rings. The highest BCUT2D eigenvalue weighted by Gasteiger charge is 2.21. The van der Waals surface area contributed by atoms with Crippen molar-refractivity contribution in [3.8, 4) is 11.1 Å². The number of nitrogens with one attached hydrogen (secondary N) is 1. The first kappa shape index (κ1) is 20.4. The summed E-state index contributed by atoms with van der Waals surface area (Å²) >= 11 is 1.61. The van der Waals surface area contributed by atoms with Crippen molar-refractivity contribution in [2.75, 3.05) is 42.9 Å². The average Bonchev–Trinajstić information content (AvgIpc) is 3.30. The Hall–Kier alpha value is -3.52. The van der Waals surface area contributed by atoms with Crippen molar-refractivity contribution in [2.24, 2.45) is 0 Å². The summed E-state index contributed by atoms with van der Waals surface area (Å²) in [5.41, 5.74) is 2.25. The number of hydrogen-bond acceptors (Lipinski definition) is 7. The van der Waals surface area contributed by atoms with Crippen molar-refractivity contribution < 1.29 is 4.79 Å². The molecule has 32 heavy (non-hydrogen) atoms. The number of thiophene rings is 1. The highest BCUT2D eigenvalue weighted by molar-refractivity contribution is 7.17. The van der Waals surface area contributed by atoms with Gasteiger partial charge < -0.3 is 15.1 Å². The van der Waals surface area contributed by atoms with Crippen LogP contribution in [0.2, 0.25) is 0 Å². The van der Waals surface area contributed by atoms with E-state index < -0.39 is 0 Å². The van der Waals surface area contributed by atoms with Crippen LogP contribution >= 0.6 is 11.3 Å². The van der Waals surface area contributed by atoms with Crippen LogP contribution in [-0.2, 0) is 4.79 Å². The molecule has 0 unspecified atom stereocenters. The molecule has 8 heteroatoms. The monoisotopic (exact) mass is 444 g/mol. The van der Waals surface area contributed by atoms with E-state index >= 15 is 0 Å². The lowest BCUT2D eigenvalue weighted by Crippen LogP contribution is -2.49. The van der Waals surface area contributed by atoms with E-state index in [0.29, 0.717) is 13.0 Å². The molecule has 1 aromatic carbocycles. The Morgan fingerprint density at radius 3 is 2.56 bits per heavy atom. The molecule has 0 saturated carbocycles. The molecule has 0 spiro atoms. The van der Waals surface area contributed by atoms with Gasteiger partial charge in [-0.2, -0.15) is 0 Å². The highest BCUT2D eigenvalue weighted by atomic mass is 32.1. The second-order valence-corrected chi connectivity index (χ2v) is 8.51. The maximum absolute atomic E-state index is 12.8. The van der Waals surface area contributed by atoms with Gasteiger partial charge in [-0.05, 0) is 17.7 Å². The lowest BCUT2D eigenvalue weighted by molar-refractivity contribution is -0.131. The first-order valence-electron chi connectivity index (χ1n) is 10.7. The van der Waals surface area contributed by atoms with Gasteiger partial charge in [0.2, 0.25) is 5.91 Å². The molecule has 7 nitrogen and oxygen atoms in total. The summed E-state index contributed by atoms with van der Waals surface area (Å²) in [7, 11) is 0. The van der Waals surface area contributed by atoms with E-state index in [1.165, 1.54) is 0 Å². The number of benzene rings is 1. The highest BCUT2D eigenvalue weighted by Crippen LogP contribution is 2.36. The SMILES string of the molecule is O=C(CCNc1ncnc2scc(-c3ccccc3)c12)N1CCN(c2ccccn2)CC1. The molecule has 1 saturated heterocycles. The molecule has 0 atom stereocenters. The topological polar surface area (TPSA) is 74.2 Å². The number of hydrogen-bond donors (Lipinski definition) is 1. The van der Waals surface area contributed by atoms with E-state index in [4.69, 9.17) is 0 Å². The Morgan fingerprint density at radius 2 is 1.78 bits per heavy atom. The van der Waals surface area contributed by atoms with Gasteiger partial charge in [0.15, 0.2) is 0 Å². The van der Waals surface area contributed by atoms with Crippen LogP contribution in [0, 0.1) is 0 Å². The van der Waals surface area contributed by atoms with Crippen LogP contribution in [0.4, 0.5) is 11.6 Å². The van der Waals surface area contributed by atoms with E-state index in [0.717, 1.165) is 59.2 Å². The third-order valence-corrected chi connectivity index (χ3v) is 6.58. The van der Waals surface area contributed by atoms with Gasteiger partial charge in [-0.1, -0.05) is 36.4 Å². The molecule has 1 aliphatic heterocycles. The second-order valence-electron chi connectivity index (χ2n) is 7.65. The summed E-state index contributed by atoms with van der Waals surface area (Å²) in [6, 6.07) is 16.2. The first-order chi connectivity index (χ1) is 15.8.